The SMILES string of the molecule is Cc1ccc(NS(=O)(=O)c2cccc(C#CCO)c2)cc1. The lowest BCUT2D eigenvalue weighted by Gasteiger charge is -2.08. The van der Waals surface area contributed by atoms with Crippen molar-refractivity contribution in [2.45, 2.75) is 11.8 Å². The van der Waals surface area contributed by atoms with Crippen molar-refractivity contribution in [1.29, 1.82) is 0 Å². The van der Waals surface area contributed by atoms with E-state index in [1.54, 1.807) is 24.3 Å². The first-order valence-electron chi connectivity index (χ1n) is 6.30. The zero-order valence-electron chi connectivity index (χ0n) is 11.5. The number of aryl methyl sites for hydroxylation is 1. The smallest absolute Gasteiger partial charge is 0.261 e. The Morgan fingerprint density at radius 3 is 2.52 bits per heavy atom. The number of hydrogen-bond donors (Lipinski definition) is 2. The van der Waals surface area contributed by atoms with Crippen LogP contribution in [0.5, 0.6) is 0 Å². The van der Waals surface area contributed by atoms with Gasteiger partial charge >= 0.3 is 0 Å². The fourth-order valence-electron chi connectivity index (χ4n) is 1.72. The number of benzene rings is 2. The molecule has 21 heavy (non-hydrogen) atoms. The first kappa shape index (κ1) is 15.1. The minimum Gasteiger partial charge on any atom is -0.384 e. The Labute approximate surface area is 124 Å². The van der Waals surface area contributed by atoms with E-state index in [0.29, 0.717) is 11.3 Å². The molecular formula is C16H15NO3S. The lowest BCUT2D eigenvalue weighted by atomic mass is 10.2. The molecule has 2 aromatic rings. The van der Waals surface area contributed by atoms with Gasteiger partial charge in [0.25, 0.3) is 10.0 Å². The zero-order chi connectivity index (χ0) is 15.3. The van der Waals surface area contributed by atoms with Gasteiger partial charge in [0.2, 0.25) is 0 Å². The summed E-state index contributed by atoms with van der Waals surface area (Å²) < 4.78 is 27.1. The van der Waals surface area contributed by atoms with E-state index in [0.717, 1.165) is 5.56 Å². The van der Waals surface area contributed by atoms with Gasteiger partial charge in [-0.3, -0.25) is 4.72 Å². The molecule has 0 fully saturated rings. The van der Waals surface area contributed by atoms with E-state index in [2.05, 4.69) is 16.6 Å². The van der Waals surface area contributed by atoms with Crippen LogP contribution < -0.4 is 4.72 Å². The molecule has 0 aliphatic carbocycles. The normalized spacial score (nSPS) is 10.6. The Balaban J connectivity index is 2.29. The molecule has 0 radical (unpaired) electrons. The van der Waals surface area contributed by atoms with E-state index >= 15 is 0 Å². The van der Waals surface area contributed by atoms with E-state index in [9.17, 15) is 8.42 Å². The van der Waals surface area contributed by atoms with Crippen molar-refractivity contribution >= 4 is 15.7 Å². The second-order valence-corrected chi connectivity index (χ2v) is 6.14. The maximum absolute atomic E-state index is 12.3. The molecule has 0 amide bonds. The second-order valence-electron chi connectivity index (χ2n) is 4.46. The van der Waals surface area contributed by atoms with Gasteiger partial charge in [-0.1, -0.05) is 35.6 Å². The minimum absolute atomic E-state index is 0.132. The molecule has 0 heterocycles. The van der Waals surface area contributed by atoms with Gasteiger partial charge in [-0.15, -0.1) is 0 Å². The largest absolute Gasteiger partial charge is 0.384 e. The van der Waals surface area contributed by atoms with Crippen molar-refractivity contribution in [3.8, 4) is 11.8 Å². The van der Waals surface area contributed by atoms with Crippen LogP contribution in [0, 0.1) is 18.8 Å². The third kappa shape index (κ3) is 4.09. The number of aliphatic hydroxyl groups excluding tert-OH is 1. The van der Waals surface area contributed by atoms with Crippen LogP contribution in [0.15, 0.2) is 53.4 Å². The average Bonchev–Trinajstić information content (AvgIpc) is 2.48. The Bertz CT molecular complexity index is 784. The van der Waals surface area contributed by atoms with Crippen LogP contribution in [0.3, 0.4) is 0 Å². The van der Waals surface area contributed by atoms with Crippen molar-refractivity contribution in [2.24, 2.45) is 0 Å². The number of sulfonamides is 1. The van der Waals surface area contributed by atoms with Gasteiger partial charge in [0.15, 0.2) is 0 Å². The fourth-order valence-corrected chi connectivity index (χ4v) is 2.82. The maximum Gasteiger partial charge on any atom is 0.261 e. The zero-order valence-corrected chi connectivity index (χ0v) is 12.3. The van der Waals surface area contributed by atoms with E-state index in [-0.39, 0.29) is 11.5 Å². The molecule has 4 nitrogen and oxygen atoms in total. The monoisotopic (exact) mass is 301 g/mol. The molecule has 0 aliphatic rings. The molecule has 0 spiro atoms. The predicted molar refractivity (Wildman–Crippen MR) is 82.4 cm³/mol. The molecule has 0 atom stereocenters. The Kier molecular flexibility index (Phi) is 4.63. The maximum atomic E-state index is 12.3. The molecule has 0 saturated heterocycles. The van der Waals surface area contributed by atoms with E-state index in [4.69, 9.17) is 5.11 Å². The van der Waals surface area contributed by atoms with Crippen LogP contribution in [0.4, 0.5) is 5.69 Å². The van der Waals surface area contributed by atoms with Crippen molar-refractivity contribution in [1.82, 2.24) is 0 Å². The summed E-state index contributed by atoms with van der Waals surface area (Å²) in [7, 11) is -3.65. The molecule has 0 saturated carbocycles. The van der Waals surface area contributed by atoms with Crippen molar-refractivity contribution in [2.75, 3.05) is 11.3 Å². The third-order valence-electron chi connectivity index (χ3n) is 2.76. The molecule has 2 aromatic carbocycles. The first-order chi connectivity index (χ1) is 10.0. The number of aliphatic hydroxyl groups is 1. The predicted octanol–water partition coefficient (Wildman–Crippen LogP) is 2.14. The number of anilines is 1. The highest BCUT2D eigenvalue weighted by atomic mass is 32.2. The van der Waals surface area contributed by atoms with Gasteiger partial charge in [-0.05, 0) is 37.3 Å². The van der Waals surface area contributed by atoms with Gasteiger partial charge in [-0.25, -0.2) is 8.42 Å². The molecule has 2 rings (SSSR count). The molecule has 0 aromatic heterocycles. The second kappa shape index (κ2) is 6.44. The summed E-state index contributed by atoms with van der Waals surface area (Å²) >= 11 is 0. The van der Waals surface area contributed by atoms with Gasteiger partial charge < -0.3 is 5.11 Å². The summed E-state index contributed by atoms with van der Waals surface area (Å²) in [6.07, 6.45) is 0. The van der Waals surface area contributed by atoms with Crippen LogP contribution >= 0.6 is 0 Å². The topological polar surface area (TPSA) is 66.4 Å². The van der Waals surface area contributed by atoms with Crippen LogP contribution in [0.2, 0.25) is 0 Å². The van der Waals surface area contributed by atoms with E-state index < -0.39 is 10.0 Å². The standard InChI is InChI=1S/C16H15NO3S/c1-13-7-9-15(10-8-13)17-21(19,20)16-6-2-4-14(12-16)5-3-11-18/h2,4,6-10,12,17-18H,11H2,1H3. The average molecular weight is 301 g/mol. The summed E-state index contributed by atoms with van der Waals surface area (Å²) in [4.78, 5) is 0.132. The lowest BCUT2D eigenvalue weighted by Crippen LogP contribution is -2.13. The van der Waals surface area contributed by atoms with Gasteiger partial charge in [0.1, 0.15) is 6.61 Å². The summed E-state index contributed by atoms with van der Waals surface area (Å²) in [6.45, 7) is 1.67. The molecule has 0 bridgehead atoms. The molecule has 5 heteroatoms. The third-order valence-corrected chi connectivity index (χ3v) is 4.14. The van der Waals surface area contributed by atoms with Crippen LogP contribution in [-0.4, -0.2) is 20.1 Å². The van der Waals surface area contributed by atoms with E-state index in [1.165, 1.54) is 12.1 Å². The van der Waals surface area contributed by atoms with Crippen molar-refractivity contribution in [3.05, 3.63) is 59.7 Å². The summed E-state index contributed by atoms with van der Waals surface area (Å²) in [5.41, 5.74) is 2.10. The van der Waals surface area contributed by atoms with E-state index in [1.807, 2.05) is 19.1 Å². The fraction of sp³-hybridized carbons (Fsp3) is 0.125. The first-order valence-corrected chi connectivity index (χ1v) is 7.79. The van der Waals surface area contributed by atoms with Crippen molar-refractivity contribution < 1.29 is 13.5 Å². The highest BCUT2D eigenvalue weighted by Gasteiger charge is 2.14. The molecule has 0 aliphatic heterocycles. The molecule has 108 valence electrons. The highest BCUT2D eigenvalue weighted by molar-refractivity contribution is 7.92. The van der Waals surface area contributed by atoms with Crippen LogP contribution in [0.25, 0.3) is 0 Å². The highest BCUT2D eigenvalue weighted by Crippen LogP contribution is 2.17. The molecule has 0 unspecified atom stereocenters. The Morgan fingerprint density at radius 2 is 1.86 bits per heavy atom. The minimum atomic E-state index is -3.65. The van der Waals surface area contributed by atoms with Gasteiger partial charge in [0, 0.05) is 11.3 Å². The van der Waals surface area contributed by atoms with Crippen molar-refractivity contribution in [3.63, 3.8) is 0 Å². The van der Waals surface area contributed by atoms with Gasteiger partial charge in [-0.2, -0.15) is 0 Å². The molecular weight excluding hydrogens is 286 g/mol. The number of rotatable bonds is 3. The Hall–Kier alpha value is -2.29. The number of nitrogens with one attached hydrogen (secondary N) is 1. The summed E-state index contributed by atoms with van der Waals surface area (Å²) in [5, 5.41) is 8.67. The summed E-state index contributed by atoms with van der Waals surface area (Å²) in [5.74, 6) is 5.18. The summed E-state index contributed by atoms with van der Waals surface area (Å²) in [6, 6.07) is 13.4. The van der Waals surface area contributed by atoms with Crippen LogP contribution in [-0.2, 0) is 10.0 Å². The van der Waals surface area contributed by atoms with Crippen LogP contribution in [0.1, 0.15) is 11.1 Å². The quantitative estimate of drug-likeness (QED) is 0.854. The lowest BCUT2D eigenvalue weighted by molar-refractivity contribution is 0.350. The Morgan fingerprint density at radius 1 is 1.14 bits per heavy atom. The molecule has 2 N–H and O–H groups in total. The number of hydrogen-bond acceptors (Lipinski definition) is 3. The van der Waals surface area contributed by atoms with Gasteiger partial charge in [0.05, 0.1) is 4.90 Å².